The molecule has 0 fully saturated rings. The Balaban J connectivity index is 1.94. The second-order valence-electron chi connectivity index (χ2n) is 6.36. The quantitative estimate of drug-likeness (QED) is 0.261. The van der Waals surface area contributed by atoms with Crippen LogP contribution in [0.1, 0.15) is 51.0 Å². The van der Waals surface area contributed by atoms with Crippen LogP contribution in [0.2, 0.25) is 0 Å². The van der Waals surface area contributed by atoms with Crippen LogP contribution in [0.25, 0.3) is 0 Å². The van der Waals surface area contributed by atoms with Crippen molar-refractivity contribution in [1.82, 2.24) is 15.0 Å². The summed E-state index contributed by atoms with van der Waals surface area (Å²) in [4.78, 5) is 27.4. The van der Waals surface area contributed by atoms with E-state index in [2.05, 4.69) is 22.4 Å². The van der Waals surface area contributed by atoms with Crippen molar-refractivity contribution in [2.75, 3.05) is 0 Å². The maximum absolute atomic E-state index is 11.8. The van der Waals surface area contributed by atoms with E-state index >= 15 is 0 Å². The average Bonchev–Trinajstić information content (AvgIpc) is 3.07. The minimum absolute atomic E-state index is 0.0285. The number of imidazole rings is 1. The van der Waals surface area contributed by atoms with Crippen LogP contribution in [0.4, 0.5) is 5.69 Å². The molecule has 1 N–H and O–H groups in total. The molecule has 0 aliphatic carbocycles. The number of aryl methyl sites for hydroxylation is 1. The molecule has 0 atom stereocenters. The number of rotatable bonds is 11. The van der Waals surface area contributed by atoms with E-state index in [0.717, 1.165) is 19.3 Å². The highest BCUT2D eigenvalue weighted by molar-refractivity contribution is 7.99. The Morgan fingerprint density at radius 3 is 2.82 bits per heavy atom. The zero-order chi connectivity index (χ0) is 20.4. The predicted octanol–water partition coefficient (Wildman–Crippen LogP) is 4.29. The number of benzene rings is 1. The molecule has 1 heterocycles. The standard InChI is InChI=1S/C19H25N5O3S/c1-3-4-5-6-7-8-18(25)22-21-14-15-9-10-17(16(13-15)24(26)27)28-19-20-11-12-23(19)2/h9-14H,3-8H2,1-2H3,(H,22,25)/b21-14-. The van der Waals surface area contributed by atoms with Gasteiger partial charge in [-0.3, -0.25) is 14.9 Å². The maximum Gasteiger partial charge on any atom is 0.283 e. The van der Waals surface area contributed by atoms with Gasteiger partial charge in [0.15, 0.2) is 5.16 Å². The summed E-state index contributed by atoms with van der Waals surface area (Å²) in [6, 6.07) is 4.82. The average molecular weight is 404 g/mol. The smallest absolute Gasteiger partial charge is 0.283 e. The Bertz CT molecular complexity index is 835. The summed E-state index contributed by atoms with van der Waals surface area (Å²) >= 11 is 1.22. The Labute approximate surface area is 168 Å². The summed E-state index contributed by atoms with van der Waals surface area (Å²) in [5.41, 5.74) is 2.98. The molecule has 2 rings (SSSR count). The van der Waals surface area contributed by atoms with Gasteiger partial charge in [0, 0.05) is 37.5 Å². The summed E-state index contributed by atoms with van der Waals surface area (Å²) in [6.45, 7) is 2.15. The second-order valence-corrected chi connectivity index (χ2v) is 7.37. The third-order valence-corrected chi connectivity index (χ3v) is 5.21. The van der Waals surface area contributed by atoms with E-state index in [1.165, 1.54) is 36.9 Å². The molecular weight excluding hydrogens is 378 g/mol. The van der Waals surface area contributed by atoms with Gasteiger partial charge in [-0.25, -0.2) is 10.4 Å². The normalized spacial score (nSPS) is 11.1. The molecule has 1 aromatic heterocycles. The number of nitrogens with zero attached hydrogens (tertiary/aromatic N) is 4. The number of hydrazone groups is 1. The van der Waals surface area contributed by atoms with E-state index in [9.17, 15) is 14.9 Å². The first kappa shape index (κ1) is 21.6. The maximum atomic E-state index is 11.8. The Hall–Kier alpha value is -2.68. The van der Waals surface area contributed by atoms with Crippen molar-refractivity contribution >= 4 is 29.6 Å². The molecule has 8 nitrogen and oxygen atoms in total. The van der Waals surface area contributed by atoms with Gasteiger partial charge < -0.3 is 4.57 Å². The van der Waals surface area contributed by atoms with Crippen molar-refractivity contribution in [1.29, 1.82) is 0 Å². The van der Waals surface area contributed by atoms with Crippen LogP contribution in [0.15, 0.2) is 45.7 Å². The van der Waals surface area contributed by atoms with Crippen LogP contribution in [-0.2, 0) is 11.8 Å². The lowest BCUT2D eigenvalue weighted by Crippen LogP contribution is -2.16. The Morgan fingerprint density at radius 2 is 2.14 bits per heavy atom. The van der Waals surface area contributed by atoms with Crippen LogP contribution >= 0.6 is 11.8 Å². The summed E-state index contributed by atoms with van der Waals surface area (Å²) in [7, 11) is 1.83. The predicted molar refractivity (Wildman–Crippen MR) is 110 cm³/mol. The molecule has 2 aromatic rings. The number of amides is 1. The molecule has 0 aliphatic rings. The highest BCUT2D eigenvalue weighted by Crippen LogP contribution is 2.34. The first-order chi connectivity index (χ1) is 13.5. The van der Waals surface area contributed by atoms with E-state index < -0.39 is 4.92 Å². The number of nitro groups is 1. The van der Waals surface area contributed by atoms with Crippen molar-refractivity contribution in [3.05, 3.63) is 46.3 Å². The highest BCUT2D eigenvalue weighted by atomic mass is 32.2. The fraction of sp³-hybridized carbons (Fsp3) is 0.421. The zero-order valence-electron chi connectivity index (χ0n) is 16.1. The fourth-order valence-corrected chi connectivity index (χ4v) is 3.41. The van der Waals surface area contributed by atoms with Crippen LogP contribution in [0.3, 0.4) is 0 Å². The molecule has 9 heteroatoms. The minimum atomic E-state index is -0.433. The van der Waals surface area contributed by atoms with Crippen molar-refractivity contribution in [2.24, 2.45) is 12.1 Å². The lowest BCUT2D eigenvalue weighted by Gasteiger charge is -2.04. The number of carbonyl (C=O) groups is 1. The number of nitrogens with one attached hydrogen (secondary N) is 1. The molecule has 0 aliphatic heterocycles. The monoisotopic (exact) mass is 403 g/mol. The van der Waals surface area contributed by atoms with Crippen molar-refractivity contribution < 1.29 is 9.72 Å². The van der Waals surface area contributed by atoms with Gasteiger partial charge in [0.1, 0.15) is 0 Å². The molecule has 1 aromatic carbocycles. The zero-order valence-corrected chi connectivity index (χ0v) is 16.9. The number of carbonyl (C=O) groups excluding carboxylic acids is 1. The lowest BCUT2D eigenvalue weighted by atomic mass is 10.1. The molecule has 150 valence electrons. The fourth-order valence-electron chi connectivity index (χ4n) is 2.52. The first-order valence-corrected chi connectivity index (χ1v) is 10.1. The number of aromatic nitrogens is 2. The van der Waals surface area contributed by atoms with E-state index in [4.69, 9.17) is 0 Å². The van der Waals surface area contributed by atoms with Gasteiger partial charge in [0.05, 0.1) is 16.0 Å². The third kappa shape index (κ3) is 6.80. The number of nitro benzene ring substituents is 1. The molecular formula is C19H25N5O3S. The van der Waals surface area contributed by atoms with Gasteiger partial charge in [-0.05, 0) is 24.2 Å². The van der Waals surface area contributed by atoms with Gasteiger partial charge >= 0.3 is 0 Å². The molecule has 0 spiro atoms. The molecule has 0 radical (unpaired) electrons. The van der Waals surface area contributed by atoms with Gasteiger partial charge in [0.25, 0.3) is 5.69 Å². The summed E-state index contributed by atoms with van der Waals surface area (Å²) in [6.07, 6.45) is 10.6. The SMILES string of the molecule is CCCCCCCC(=O)N/N=C\c1ccc(Sc2nccn2C)c([N+](=O)[O-])c1. The third-order valence-electron chi connectivity index (χ3n) is 4.07. The molecule has 0 saturated heterocycles. The second kappa shape index (κ2) is 11.2. The molecule has 1 amide bonds. The number of hydrogen-bond acceptors (Lipinski definition) is 6. The summed E-state index contributed by atoms with van der Waals surface area (Å²) in [5.74, 6) is -0.149. The highest BCUT2D eigenvalue weighted by Gasteiger charge is 2.17. The minimum Gasteiger partial charge on any atom is -0.329 e. The summed E-state index contributed by atoms with van der Waals surface area (Å²) < 4.78 is 1.79. The topological polar surface area (TPSA) is 102 Å². The van der Waals surface area contributed by atoms with Crippen LogP contribution in [0, 0.1) is 10.1 Å². The number of hydrogen-bond donors (Lipinski definition) is 1. The van der Waals surface area contributed by atoms with Gasteiger partial charge in [0.2, 0.25) is 5.91 Å². The Kier molecular flexibility index (Phi) is 8.67. The largest absolute Gasteiger partial charge is 0.329 e. The van der Waals surface area contributed by atoms with Crippen molar-refractivity contribution in [2.45, 2.75) is 55.5 Å². The van der Waals surface area contributed by atoms with Gasteiger partial charge in [-0.2, -0.15) is 5.10 Å². The molecule has 0 saturated carbocycles. The van der Waals surface area contributed by atoms with E-state index in [1.54, 1.807) is 29.1 Å². The van der Waals surface area contributed by atoms with Crippen LogP contribution in [-0.4, -0.2) is 26.6 Å². The van der Waals surface area contributed by atoms with Crippen molar-refractivity contribution in [3.63, 3.8) is 0 Å². The van der Waals surface area contributed by atoms with E-state index in [-0.39, 0.29) is 11.6 Å². The van der Waals surface area contributed by atoms with Crippen LogP contribution < -0.4 is 5.43 Å². The molecule has 0 unspecified atom stereocenters. The van der Waals surface area contributed by atoms with E-state index in [0.29, 0.717) is 22.0 Å². The lowest BCUT2D eigenvalue weighted by molar-refractivity contribution is -0.387. The number of unbranched alkanes of at least 4 members (excludes halogenated alkanes) is 4. The van der Waals surface area contributed by atoms with Gasteiger partial charge in [-0.1, -0.05) is 38.7 Å². The van der Waals surface area contributed by atoms with Crippen LogP contribution in [0.5, 0.6) is 0 Å². The van der Waals surface area contributed by atoms with Gasteiger partial charge in [-0.15, -0.1) is 0 Å². The first-order valence-electron chi connectivity index (χ1n) is 9.26. The molecule has 0 bridgehead atoms. The van der Waals surface area contributed by atoms with E-state index in [1.807, 2.05) is 7.05 Å². The molecule has 28 heavy (non-hydrogen) atoms. The van der Waals surface area contributed by atoms with Crippen molar-refractivity contribution in [3.8, 4) is 0 Å². The summed E-state index contributed by atoms with van der Waals surface area (Å²) in [5, 5.41) is 16.0. The Morgan fingerprint density at radius 1 is 1.36 bits per heavy atom.